The van der Waals surface area contributed by atoms with Crippen molar-refractivity contribution in [3.05, 3.63) is 30.7 Å². The molecule has 19 heavy (non-hydrogen) atoms. The molecule has 3 aromatic heterocycles. The maximum absolute atomic E-state index is 6.02. The van der Waals surface area contributed by atoms with Crippen LogP contribution < -0.4 is 10.6 Å². The highest BCUT2D eigenvalue weighted by Gasteiger charge is 2.22. The highest BCUT2D eigenvalue weighted by Crippen LogP contribution is 2.32. The van der Waals surface area contributed by atoms with Gasteiger partial charge in [0, 0.05) is 48.0 Å². The van der Waals surface area contributed by atoms with Crippen molar-refractivity contribution in [3.8, 4) is 0 Å². The summed E-state index contributed by atoms with van der Waals surface area (Å²) in [6.07, 6.45) is 6.64. The third-order valence-electron chi connectivity index (χ3n) is 3.83. The molecule has 1 unspecified atom stereocenters. The zero-order valence-corrected chi connectivity index (χ0v) is 10.5. The molecule has 5 heteroatoms. The van der Waals surface area contributed by atoms with Crippen LogP contribution in [0, 0.1) is 0 Å². The van der Waals surface area contributed by atoms with Crippen molar-refractivity contribution in [2.24, 2.45) is 5.73 Å². The van der Waals surface area contributed by atoms with Crippen molar-refractivity contribution in [1.29, 1.82) is 0 Å². The molecular weight excluding hydrogens is 238 g/mol. The lowest BCUT2D eigenvalue weighted by Gasteiger charge is -2.20. The number of nitrogens with one attached hydrogen (secondary N) is 1. The van der Waals surface area contributed by atoms with Gasteiger partial charge in [-0.25, -0.2) is 4.98 Å². The average molecular weight is 253 g/mol. The molecule has 0 bridgehead atoms. The van der Waals surface area contributed by atoms with Gasteiger partial charge in [0.05, 0.1) is 11.7 Å². The van der Waals surface area contributed by atoms with Crippen molar-refractivity contribution < 1.29 is 0 Å². The van der Waals surface area contributed by atoms with Crippen LogP contribution in [0.1, 0.15) is 6.42 Å². The van der Waals surface area contributed by atoms with E-state index < -0.39 is 0 Å². The van der Waals surface area contributed by atoms with Crippen LogP contribution in [0.2, 0.25) is 0 Å². The molecule has 4 heterocycles. The summed E-state index contributed by atoms with van der Waals surface area (Å²) in [6.45, 7) is 1.92. The fourth-order valence-electron chi connectivity index (χ4n) is 2.91. The summed E-state index contributed by atoms with van der Waals surface area (Å²) in [5.41, 5.74) is 9.08. The molecule has 1 fully saturated rings. The van der Waals surface area contributed by atoms with Gasteiger partial charge in [0.1, 0.15) is 5.65 Å². The van der Waals surface area contributed by atoms with Crippen LogP contribution in [0.15, 0.2) is 30.7 Å². The Balaban J connectivity index is 2.01. The average Bonchev–Trinajstić information content (AvgIpc) is 3.06. The number of nitrogens with zero attached hydrogens (tertiary/aromatic N) is 3. The molecule has 4 rings (SSSR count). The van der Waals surface area contributed by atoms with Crippen LogP contribution in [0.5, 0.6) is 0 Å². The van der Waals surface area contributed by atoms with Crippen molar-refractivity contribution in [1.82, 2.24) is 15.0 Å². The molecule has 5 nitrogen and oxygen atoms in total. The molecule has 1 saturated heterocycles. The third-order valence-corrected chi connectivity index (χ3v) is 3.83. The van der Waals surface area contributed by atoms with Gasteiger partial charge in [-0.05, 0) is 18.6 Å². The molecule has 0 radical (unpaired) electrons. The van der Waals surface area contributed by atoms with Crippen molar-refractivity contribution in [2.75, 3.05) is 18.0 Å². The zero-order chi connectivity index (χ0) is 12.8. The van der Waals surface area contributed by atoms with Gasteiger partial charge in [-0.3, -0.25) is 4.98 Å². The number of hydrogen-bond acceptors (Lipinski definition) is 4. The zero-order valence-electron chi connectivity index (χ0n) is 10.5. The molecule has 1 aliphatic heterocycles. The molecule has 96 valence electrons. The van der Waals surface area contributed by atoms with Crippen LogP contribution in [0.25, 0.3) is 21.9 Å². The molecule has 1 aliphatic rings. The van der Waals surface area contributed by atoms with E-state index in [2.05, 4.69) is 32.0 Å². The van der Waals surface area contributed by atoms with Gasteiger partial charge in [0.25, 0.3) is 0 Å². The number of nitrogens with two attached hydrogens (primary N) is 1. The Bertz CT molecular complexity index is 748. The maximum atomic E-state index is 6.02. The lowest BCUT2D eigenvalue weighted by atomic mass is 10.1. The molecular formula is C14H15N5. The SMILES string of the molecule is NC1CCN(c2ccnc3cnc4[nH]ccc4c23)C1. The van der Waals surface area contributed by atoms with E-state index in [0.29, 0.717) is 0 Å². The first-order valence-corrected chi connectivity index (χ1v) is 6.54. The van der Waals surface area contributed by atoms with Crippen molar-refractivity contribution in [3.63, 3.8) is 0 Å². The third kappa shape index (κ3) is 1.58. The first kappa shape index (κ1) is 10.8. The molecule has 0 amide bonds. The van der Waals surface area contributed by atoms with Gasteiger partial charge in [-0.15, -0.1) is 0 Å². The Labute approximate surface area is 110 Å². The Morgan fingerprint density at radius 1 is 1.32 bits per heavy atom. The normalized spacial score (nSPS) is 19.6. The van der Waals surface area contributed by atoms with E-state index in [1.54, 1.807) is 0 Å². The second kappa shape index (κ2) is 3.93. The minimum Gasteiger partial charge on any atom is -0.369 e. The summed E-state index contributed by atoms with van der Waals surface area (Å²) >= 11 is 0. The summed E-state index contributed by atoms with van der Waals surface area (Å²) in [6, 6.07) is 4.41. The summed E-state index contributed by atoms with van der Waals surface area (Å²) < 4.78 is 0. The minimum atomic E-state index is 0.270. The number of aromatic amines is 1. The Hall–Kier alpha value is -2.14. The molecule has 1 atom stereocenters. The van der Waals surface area contributed by atoms with E-state index in [9.17, 15) is 0 Å². The van der Waals surface area contributed by atoms with E-state index >= 15 is 0 Å². The van der Waals surface area contributed by atoms with Crippen LogP contribution >= 0.6 is 0 Å². The van der Waals surface area contributed by atoms with Crippen LogP contribution in [0.3, 0.4) is 0 Å². The number of fused-ring (bicyclic) bond motifs is 3. The second-order valence-electron chi connectivity index (χ2n) is 5.08. The van der Waals surface area contributed by atoms with Crippen LogP contribution in [0.4, 0.5) is 5.69 Å². The molecule has 3 N–H and O–H groups in total. The number of anilines is 1. The summed E-state index contributed by atoms with van der Waals surface area (Å²) in [4.78, 5) is 14.3. The first-order valence-electron chi connectivity index (χ1n) is 6.54. The lowest BCUT2D eigenvalue weighted by Crippen LogP contribution is -2.26. The first-order chi connectivity index (χ1) is 9.33. The lowest BCUT2D eigenvalue weighted by molar-refractivity contribution is 0.752. The Kier molecular flexibility index (Phi) is 2.22. The van der Waals surface area contributed by atoms with E-state index in [4.69, 9.17) is 5.73 Å². The predicted molar refractivity (Wildman–Crippen MR) is 76.2 cm³/mol. The number of aromatic nitrogens is 3. The largest absolute Gasteiger partial charge is 0.369 e. The van der Waals surface area contributed by atoms with Crippen molar-refractivity contribution in [2.45, 2.75) is 12.5 Å². The molecule has 0 saturated carbocycles. The van der Waals surface area contributed by atoms with Gasteiger partial charge in [0.2, 0.25) is 0 Å². The van der Waals surface area contributed by atoms with Gasteiger partial charge in [0.15, 0.2) is 0 Å². The molecule has 0 aliphatic carbocycles. The summed E-state index contributed by atoms with van der Waals surface area (Å²) in [5, 5.41) is 2.30. The predicted octanol–water partition coefficient (Wildman–Crippen LogP) is 1.65. The fraction of sp³-hybridized carbons (Fsp3) is 0.286. The minimum absolute atomic E-state index is 0.270. The summed E-state index contributed by atoms with van der Waals surface area (Å²) in [5.74, 6) is 0. The van der Waals surface area contributed by atoms with E-state index in [-0.39, 0.29) is 6.04 Å². The van der Waals surface area contributed by atoms with Crippen LogP contribution in [-0.2, 0) is 0 Å². The smallest absolute Gasteiger partial charge is 0.138 e. The van der Waals surface area contributed by atoms with Gasteiger partial charge >= 0.3 is 0 Å². The summed E-state index contributed by atoms with van der Waals surface area (Å²) in [7, 11) is 0. The van der Waals surface area contributed by atoms with Crippen molar-refractivity contribution >= 4 is 27.6 Å². The Morgan fingerprint density at radius 3 is 3.11 bits per heavy atom. The Morgan fingerprint density at radius 2 is 2.26 bits per heavy atom. The molecule has 3 aromatic rings. The number of pyridine rings is 2. The monoisotopic (exact) mass is 253 g/mol. The fourth-order valence-corrected chi connectivity index (χ4v) is 2.91. The molecule has 0 aromatic carbocycles. The van der Waals surface area contributed by atoms with Gasteiger partial charge in [-0.1, -0.05) is 0 Å². The van der Waals surface area contributed by atoms with Crippen LogP contribution in [-0.4, -0.2) is 34.1 Å². The highest BCUT2D eigenvalue weighted by molar-refractivity contribution is 6.10. The van der Waals surface area contributed by atoms with E-state index in [0.717, 1.165) is 36.1 Å². The molecule has 0 spiro atoms. The maximum Gasteiger partial charge on any atom is 0.138 e. The topological polar surface area (TPSA) is 70.8 Å². The quantitative estimate of drug-likeness (QED) is 0.691. The number of rotatable bonds is 1. The van der Waals surface area contributed by atoms with Gasteiger partial charge in [-0.2, -0.15) is 0 Å². The number of hydrogen-bond donors (Lipinski definition) is 2. The second-order valence-corrected chi connectivity index (χ2v) is 5.08. The standard InChI is InChI=1S/C14H15N5/c15-9-3-6-19(8-9)12-2-5-16-11-7-18-14-10(13(11)12)1-4-17-14/h1-2,4-5,7,9H,3,6,8,15H2,(H,17,18). The van der Waals surface area contributed by atoms with E-state index in [1.165, 1.54) is 11.1 Å². The van der Waals surface area contributed by atoms with E-state index in [1.807, 2.05) is 18.6 Å². The highest BCUT2D eigenvalue weighted by atomic mass is 15.2. The number of H-pyrrole nitrogens is 1. The van der Waals surface area contributed by atoms with Gasteiger partial charge < -0.3 is 15.6 Å².